The van der Waals surface area contributed by atoms with E-state index in [0.717, 1.165) is 60.2 Å². The molecule has 1 saturated heterocycles. The van der Waals surface area contributed by atoms with Gasteiger partial charge in [0.1, 0.15) is 17.7 Å². The number of anilines is 2. The van der Waals surface area contributed by atoms with Crippen molar-refractivity contribution in [3.63, 3.8) is 0 Å². The van der Waals surface area contributed by atoms with Crippen molar-refractivity contribution in [1.82, 2.24) is 24.6 Å². The highest BCUT2D eigenvalue weighted by Crippen LogP contribution is 2.27. The third-order valence-electron chi connectivity index (χ3n) is 5.19. The van der Waals surface area contributed by atoms with Gasteiger partial charge in [-0.25, -0.2) is 23.9 Å². The monoisotopic (exact) mass is 389 g/mol. The van der Waals surface area contributed by atoms with E-state index in [2.05, 4.69) is 35.9 Å². The van der Waals surface area contributed by atoms with Gasteiger partial charge in [-0.1, -0.05) is 12.1 Å². The molecule has 1 aliphatic rings. The summed E-state index contributed by atoms with van der Waals surface area (Å²) in [6.45, 7) is 5.28. The van der Waals surface area contributed by atoms with Crippen LogP contribution in [-0.4, -0.2) is 50.7 Å². The van der Waals surface area contributed by atoms with Gasteiger partial charge >= 0.3 is 0 Å². The fourth-order valence-electron chi connectivity index (χ4n) is 3.63. The first-order chi connectivity index (χ1) is 14.2. The zero-order valence-corrected chi connectivity index (χ0v) is 16.0. The van der Waals surface area contributed by atoms with E-state index in [0.29, 0.717) is 0 Å². The van der Waals surface area contributed by atoms with Gasteiger partial charge in [0.15, 0.2) is 5.82 Å². The van der Waals surface area contributed by atoms with Crippen molar-refractivity contribution in [2.24, 2.45) is 0 Å². The molecule has 0 spiro atoms. The molecule has 0 bridgehead atoms. The largest absolute Gasteiger partial charge is 0.351 e. The van der Waals surface area contributed by atoms with Crippen LogP contribution in [0.25, 0.3) is 16.6 Å². The average molecular weight is 389 g/mol. The first kappa shape index (κ1) is 17.5. The summed E-state index contributed by atoms with van der Waals surface area (Å²) in [4.78, 5) is 17.9. The molecule has 4 aromatic rings. The van der Waals surface area contributed by atoms with Gasteiger partial charge in [0.25, 0.3) is 0 Å². The summed E-state index contributed by atoms with van der Waals surface area (Å²) in [5.74, 6) is 1.43. The van der Waals surface area contributed by atoms with E-state index >= 15 is 0 Å². The maximum absolute atomic E-state index is 13.2. The maximum atomic E-state index is 13.2. The molecule has 8 heteroatoms. The molecule has 3 aromatic heterocycles. The van der Waals surface area contributed by atoms with Gasteiger partial charge in [0.2, 0.25) is 5.95 Å². The SMILES string of the molecule is Cc1cnc(N2CCN(c3ncnn4cc(-c5ccc(F)cc5)cc34)CC2)nc1. The summed E-state index contributed by atoms with van der Waals surface area (Å²) in [6, 6.07) is 8.54. The number of halogens is 1. The number of aromatic nitrogens is 5. The van der Waals surface area contributed by atoms with Crippen molar-refractivity contribution in [3.8, 4) is 11.1 Å². The number of hydrogen-bond acceptors (Lipinski definition) is 6. The predicted octanol–water partition coefficient (Wildman–Crippen LogP) is 2.96. The maximum Gasteiger partial charge on any atom is 0.225 e. The van der Waals surface area contributed by atoms with Crippen LogP contribution in [0.3, 0.4) is 0 Å². The number of hydrogen-bond donors (Lipinski definition) is 0. The van der Waals surface area contributed by atoms with E-state index in [4.69, 9.17) is 0 Å². The van der Waals surface area contributed by atoms with E-state index in [1.807, 2.05) is 30.0 Å². The minimum Gasteiger partial charge on any atom is -0.351 e. The molecule has 0 unspecified atom stereocenters. The highest BCUT2D eigenvalue weighted by atomic mass is 19.1. The second-order valence-corrected chi connectivity index (χ2v) is 7.18. The normalized spacial score (nSPS) is 14.6. The summed E-state index contributed by atoms with van der Waals surface area (Å²) in [6.07, 6.45) is 7.22. The van der Waals surface area contributed by atoms with E-state index in [9.17, 15) is 4.39 Å². The Bertz CT molecular complexity index is 1130. The lowest BCUT2D eigenvalue weighted by molar-refractivity contribution is 0.628. The van der Waals surface area contributed by atoms with Gasteiger partial charge < -0.3 is 9.80 Å². The lowest BCUT2D eigenvalue weighted by Crippen LogP contribution is -2.47. The van der Waals surface area contributed by atoms with Crippen LogP contribution in [0.5, 0.6) is 0 Å². The van der Waals surface area contributed by atoms with Gasteiger partial charge in [-0.05, 0) is 36.2 Å². The average Bonchev–Trinajstić information content (AvgIpc) is 3.19. The smallest absolute Gasteiger partial charge is 0.225 e. The molecule has 7 nitrogen and oxygen atoms in total. The van der Waals surface area contributed by atoms with E-state index in [1.54, 1.807) is 18.5 Å². The van der Waals surface area contributed by atoms with E-state index in [-0.39, 0.29) is 5.82 Å². The van der Waals surface area contributed by atoms with Crippen LogP contribution >= 0.6 is 0 Å². The third kappa shape index (κ3) is 3.37. The highest BCUT2D eigenvalue weighted by Gasteiger charge is 2.22. The fraction of sp³-hybridized carbons (Fsp3) is 0.238. The van der Waals surface area contributed by atoms with E-state index in [1.165, 1.54) is 12.1 Å². The molecule has 0 saturated carbocycles. The number of piperazine rings is 1. The molecule has 0 atom stereocenters. The summed E-state index contributed by atoms with van der Waals surface area (Å²) >= 11 is 0. The Morgan fingerprint density at radius 1 is 0.862 bits per heavy atom. The predicted molar refractivity (Wildman–Crippen MR) is 110 cm³/mol. The Hall–Kier alpha value is -3.55. The van der Waals surface area contributed by atoms with Crippen molar-refractivity contribution in [2.45, 2.75) is 6.92 Å². The quantitative estimate of drug-likeness (QED) is 0.537. The van der Waals surface area contributed by atoms with Crippen molar-refractivity contribution in [1.29, 1.82) is 0 Å². The highest BCUT2D eigenvalue weighted by molar-refractivity contribution is 5.77. The Labute approximate surface area is 167 Å². The van der Waals surface area contributed by atoms with Crippen LogP contribution in [0, 0.1) is 12.7 Å². The molecule has 146 valence electrons. The summed E-state index contributed by atoms with van der Waals surface area (Å²) < 4.78 is 15.1. The molecule has 1 fully saturated rings. The Morgan fingerprint density at radius 3 is 2.28 bits per heavy atom. The van der Waals surface area contributed by atoms with Gasteiger partial charge in [-0.15, -0.1) is 0 Å². The van der Waals surface area contributed by atoms with Gasteiger partial charge in [-0.2, -0.15) is 5.10 Å². The van der Waals surface area contributed by atoms with Crippen molar-refractivity contribution >= 4 is 17.3 Å². The zero-order valence-electron chi connectivity index (χ0n) is 16.0. The Kier molecular flexibility index (Phi) is 4.31. The molecule has 1 aromatic carbocycles. The lowest BCUT2D eigenvalue weighted by atomic mass is 10.1. The van der Waals surface area contributed by atoms with Crippen molar-refractivity contribution < 1.29 is 4.39 Å². The van der Waals surface area contributed by atoms with Crippen molar-refractivity contribution in [3.05, 3.63) is 66.6 Å². The summed E-state index contributed by atoms with van der Waals surface area (Å²) in [5, 5.41) is 4.35. The number of fused-ring (bicyclic) bond motifs is 1. The molecule has 0 N–H and O–H groups in total. The molecule has 0 radical (unpaired) electrons. The van der Waals surface area contributed by atoms with Crippen LogP contribution in [0.4, 0.5) is 16.2 Å². The molecule has 29 heavy (non-hydrogen) atoms. The zero-order chi connectivity index (χ0) is 19.8. The molecule has 5 rings (SSSR count). The number of nitrogens with zero attached hydrogens (tertiary/aromatic N) is 7. The van der Waals surface area contributed by atoms with Crippen LogP contribution in [0.15, 0.2) is 55.2 Å². The van der Waals surface area contributed by atoms with Crippen LogP contribution in [0.2, 0.25) is 0 Å². The van der Waals surface area contributed by atoms with Gasteiger partial charge in [0, 0.05) is 50.3 Å². The summed E-state index contributed by atoms with van der Waals surface area (Å²) in [5.41, 5.74) is 3.93. The van der Waals surface area contributed by atoms with Crippen LogP contribution in [-0.2, 0) is 0 Å². The number of benzene rings is 1. The molecule has 0 amide bonds. The first-order valence-electron chi connectivity index (χ1n) is 9.55. The fourth-order valence-corrected chi connectivity index (χ4v) is 3.63. The Balaban J connectivity index is 1.39. The molecule has 1 aliphatic heterocycles. The molecule has 4 heterocycles. The summed E-state index contributed by atoms with van der Waals surface area (Å²) in [7, 11) is 0. The third-order valence-corrected chi connectivity index (χ3v) is 5.19. The minimum atomic E-state index is -0.242. The standard InChI is InChI=1S/C21H20FN7/c1-15-11-23-21(24-12-15)28-8-6-27(7-9-28)20-19-10-17(13-29(19)26-14-25-20)16-2-4-18(22)5-3-16/h2-5,10-14H,6-9H2,1H3. The van der Waals surface area contributed by atoms with Crippen LogP contribution in [0.1, 0.15) is 5.56 Å². The van der Waals surface area contributed by atoms with Crippen LogP contribution < -0.4 is 9.80 Å². The second kappa shape index (κ2) is 7.12. The molecular weight excluding hydrogens is 369 g/mol. The molecular formula is C21H20FN7. The first-order valence-corrected chi connectivity index (χ1v) is 9.55. The Morgan fingerprint density at radius 2 is 1.55 bits per heavy atom. The number of rotatable bonds is 3. The second-order valence-electron chi connectivity index (χ2n) is 7.18. The lowest BCUT2D eigenvalue weighted by Gasteiger charge is -2.35. The van der Waals surface area contributed by atoms with Gasteiger partial charge in [-0.3, -0.25) is 0 Å². The topological polar surface area (TPSA) is 62.5 Å². The van der Waals surface area contributed by atoms with Gasteiger partial charge in [0.05, 0.1) is 0 Å². The van der Waals surface area contributed by atoms with Crippen molar-refractivity contribution in [2.75, 3.05) is 36.0 Å². The number of aryl methyl sites for hydroxylation is 1. The van der Waals surface area contributed by atoms with E-state index < -0.39 is 0 Å². The minimum absolute atomic E-state index is 0.242. The molecule has 0 aliphatic carbocycles.